The fourth-order valence-electron chi connectivity index (χ4n) is 0.680. The van der Waals surface area contributed by atoms with Gasteiger partial charge in [0.05, 0.1) is 5.34 Å². The van der Waals surface area contributed by atoms with Gasteiger partial charge in [0.25, 0.3) is 0 Å². The molecule has 0 N–H and O–H groups in total. The van der Waals surface area contributed by atoms with Gasteiger partial charge >= 0.3 is 26.2 Å². The predicted octanol–water partition coefficient (Wildman–Crippen LogP) is 4.03. The van der Waals surface area contributed by atoms with Crippen molar-refractivity contribution in [2.75, 3.05) is 5.34 Å². The van der Waals surface area contributed by atoms with E-state index in [2.05, 4.69) is 24.3 Å². The van der Waals surface area contributed by atoms with Crippen LogP contribution in [0.5, 0.6) is 0 Å². The second-order valence-electron chi connectivity index (χ2n) is 2.11. The maximum Gasteiger partial charge on any atom is 2.00 e. The van der Waals surface area contributed by atoms with Gasteiger partial charge in [0, 0.05) is 0 Å². The Bertz CT molecular complexity index is 163. The number of allylic oxidation sites excluding steroid dienone is 8. The van der Waals surface area contributed by atoms with Gasteiger partial charge < -0.3 is 0 Å². The monoisotopic (exact) mass is 304 g/mol. The van der Waals surface area contributed by atoms with Crippen LogP contribution in [-0.2, 0) is 26.2 Å². The maximum absolute atomic E-state index is 4.76. The molecule has 0 radical (unpaired) electrons. The molecule has 0 aromatic heterocycles. The van der Waals surface area contributed by atoms with Gasteiger partial charge in [0.2, 0.25) is 0 Å². The summed E-state index contributed by atoms with van der Waals surface area (Å²) in [6.45, 7) is 0. The Balaban J connectivity index is 0. The molecule has 2 aliphatic rings. The van der Waals surface area contributed by atoms with Crippen molar-refractivity contribution in [1.82, 2.24) is 0 Å². The quantitative estimate of drug-likeness (QED) is 0.468. The summed E-state index contributed by atoms with van der Waals surface area (Å²) in [5.74, 6) is 0. The molecule has 2 rings (SSSR count). The first-order valence-corrected chi connectivity index (χ1v) is 5.04. The van der Waals surface area contributed by atoms with E-state index in [1.54, 1.807) is 0 Å². The molecule has 0 bridgehead atoms. The zero-order valence-corrected chi connectivity index (χ0v) is 11.8. The molecular formula is C11H12Cl2Zr. The van der Waals surface area contributed by atoms with Gasteiger partial charge in [-0.3, -0.25) is 12.2 Å². The molecule has 0 heterocycles. The van der Waals surface area contributed by atoms with Gasteiger partial charge in [-0.25, -0.2) is 24.3 Å². The van der Waals surface area contributed by atoms with Crippen LogP contribution in [0.1, 0.15) is 12.8 Å². The molecule has 0 atom stereocenters. The third kappa shape index (κ3) is 14.9. The van der Waals surface area contributed by atoms with Crippen LogP contribution in [0.4, 0.5) is 0 Å². The fourth-order valence-corrected chi connectivity index (χ4v) is 0.680. The fraction of sp³-hybridized carbons (Fsp3) is 0.273. The van der Waals surface area contributed by atoms with Crippen molar-refractivity contribution in [3.63, 3.8) is 0 Å². The molecule has 0 spiro atoms. The molecule has 14 heavy (non-hydrogen) atoms. The van der Waals surface area contributed by atoms with Crippen molar-refractivity contribution in [2.45, 2.75) is 12.8 Å². The zero-order chi connectivity index (χ0) is 9.78. The third-order valence-corrected chi connectivity index (χ3v) is 1.17. The number of hydrogen-bond donors (Lipinski definition) is 0. The molecule has 3 heteroatoms. The maximum atomic E-state index is 4.76. The SMILES string of the molecule is ClCCl.[C-]1=CC=CC1.[C-]1=CC=CC1.[Zr+2]. The molecule has 0 aliphatic heterocycles. The molecule has 2 aliphatic carbocycles. The van der Waals surface area contributed by atoms with Crippen LogP contribution in [0.15, 0.2) is 36.5 Å². The van der Waals surface area contributed by atoms with E-state index in [-0.39, 0.29) is 31.5 Å². The van der Waals surface area contributed by atoms with Crippen molar-refractivity contribution >= 4 is 23.2 Å². The summed E-state index contributed by atoms with van der Waals surface area (Å²) < 4.78 is 0. The van der Waals surface area contributed by atoms with Crippen LogP contribution in [0, 0.1) is 12.2 Å². The molecule has 0 saturated carbocycles. The van der Waals surface area contributed by atoms with Crippen LogP contribution in [0.3, 0.4) is 0 Å². The summed E-state index contributed by atoms with van der Waals surface area (Å²) in [6.07, 6.45) is 20.0. The molecule has 0 fully saturated rings. The van der Waals surface area contributed by atoms with E-state index in [0.717, 1.165) is 12.8 Å². The standard InChI is InChI=1S/2C5H5.CH2Cl2.Zr/c2*1-2-4-5-3-1;2-1-3;/h2*1-3H,4H2;1H2;/q2*-1;;+2. The van der Waals surface area contributed by atoms with Crippen LogP contribution < -0.4 is 0 Å². The Labute approximate surface area is 115 Å². The first kappa shape index (κ1) is 16.8. The zero-order valence-electron chi connectivity index (χ0n) is 7.84. The Morgan fingerprint density at radius 1 is 0.929 bits per heavy atom. The topological polar surface area (TPSA) is 0 Å². The summed E-state index contributed by atoms with van der Waals surface area (Å²) in [6, 6.07) is 0. The summed E-state index contributed by atoms with van der Waals surface area (Å²) in [5.41, 5.74) is 0. The van der Waals surface area contributed by atoms with Crippen LogP contribution in [0.2, 0.25) is 0 Å². The number of rotatable bonds is 0. The molecule has 0 amide bonds. The summed E-state index contributed by atoms with van der Waals surface area (Å²) in [4.78, 5) is 0. The number of halogens is 2. The number of hydrogen-bond acceptors (Lipinski definition) is 0. The molecule has 74 valence electrons. The van der Waals surface area contributed by atoms with Crippen LogP contribution >= 0.6 is 23.2 Å². The van der Waals surface area contributed by atoms with E-state index in [4.69, 9.17) is 23.2 Å². The van der Waals surface area contributed by atoms with E-state index in [1.807, 2.05) is 24.3 Å². The van der Waals surface area contributed by atoms with Gasteiger partial charge in [0.15, 0.2) is 0 Å². The van der Waals surface area contributed by atoms with Crippen molar-refractivity contribution < 1.29 is 26.2 Å². The Hall–Kier alpha value is 0.423. The van der Waals surface area contributed by atoms with E-state index in [9.17, 15) is 0 Å². The predicted molar refractivity (Wildman–Crippen MR) is 59.7 cm³/mol. The smallest absolute Gasteiger partial charge is 0.273 e. The average Bonchev–Trinajstić information content (AvgIpc) is 2.85. The average molecular weight is 306 g/mol. The minimum absolute atomic E-state index is 0. The molecular weight excluding hydrogens is 294 g/mol. The Kier molecular flexibility index (Phi) is 19.1. The second kappa shape index (κ2) is 15.9. The van der Waals surface area contributed by atoms with Crippen molar-refractivity contribution in [3.05, 3.63) is 48.6 Å². The Morgan fingerprint density at radius 3 is 1.36 bits per heavy atom. The summed E-state index contributed by atoms with van der Waals surface area (Å²) >= 11 is 9.53. The van der Waals surface area contributed by atoms with E-state index in [0.29, 0.717) is 0 Å². The first-order valence-electron chi connectivity index (χ1n) is 3.97. The van der Waals surface area contributed by atoms with E-state index < -0.39 is 0 Å². The molecule has 0 unspecified atom stereocenters. The second-order valence-corrected chi connectivity index (χ2v) is 2.92. The van der Waals surface area contributed by atoms with Gasteiger partial charge in [-0.2, -0.15) is 12.2 Å². The van der Waals surface area contributed by atoms with Crippen molar-refractivity contribution in [3.8, 4) is 0 Å². The van der Waals surface area contributed by atoms with E-state index >= 15 is 0 Å². The third-order valence-electron chi connectivity index (χ3n) is 1.17. The largest absolute Gasteiger partial charge is 2.00 e. The first-order chi connectivity index (χ1) is 6.41. The molecule has 0 nitrogen and oxygen atoms in total. The molecule has 0 saturated heterocycles. The van der Waals surface area contributed by atoms with Gasteiger partial charge in [0.1, 0.15) is 0 Å². The minimum atomic E-state index is 0. The molecule has 0 aromatic carbocycles. The van der Waals surface area contributed by atoms with E-state index in [1.165, 1.54) is 0 Å². The van der Waals surface area contributed by atoms with Gasteiger partial charge in [-0.15, -0.1) is 36.0 Å². The summed E-state index contributed by atoms with van der Waals surface area (Å²) in [7, 11) is 0. The van der Waals surface area contributed by atoms with Crippen LogP contribution in [0.25, 0.3) is 0 Å². The van der Waals surface area contributed by atoms with Crippen molar-refractivity contribution in [1.29, 1.82) is 0 Å². The van der Waals surface area contributed by atoms with Crippen LogP contribution in [-0.4, -0.2) is 5.34 Å². The van der Waals surface area contributed by atoms with Gasteiger partial charge in [-0.1, -0.05) is 0 Å². The normalized spacial score (nSPS) is 13.9. The van der Waals surface area contributed by atoms with Crippen molar-refractivity contribution in [2.24, 2.45) is 0 Å². The molecule has 0 aromatic rings. The minimum Gasteiger partial charge on any atom is -0.273 e. The number of alkyl halides is 2. The Morgan fingerprint density at radius 2 is 1.29 bits per heavy atom. The van der Waals surface area contributed by atoms with Gasteiger partial charge in [-0.05, 0) is 0 Å². The summed E-state index contributed by atoms with van der Waals surface area (Å²) in [5, 5.41) is 0.194.